The van der Waals surface area contributed by atoms with Crippen molar-refractivity contribution in [3.05, 3.63) is 28.8 Å². The number of carboxylic acids is 1. The van der Waals surface area contributed by atoms with Crippen LogP contribution in [0, 0.1) is 0 Å². The standard InChI is InChI=1S/C11H15ClN2O4S/c1-7(2)14(3)19(17,18)13-10-5-8(11(15)16)4-9(12)6-10/h4-7,13H,1-3H3,(H,15,16). The zero-order valence-corrected chi connectivity index (χ0v) is 12.3. The van der Waals surface area contributed by atoms with Gasteiger partial charge in [-0.15, -0.1) is 0 Å². The van der Waals surface area contributed by atoms with Crippen LogP contribution in [-0.4, -0.2) is 36.9 Å². The second-order valence-corrected chi connectivity index (χ2v) is 6.42. The van der Waals surface area contributed by atoms with E-state index in [1.807, 2.05) is 0 Å². The van der Waals surface area contributed by atoms with E-state index in [0.717, 1.165) is 4.31 Å². The lowest BCUT2D eigenvalue weighted by atomic mass is 10.2. The highest BCUT2D eigenvalue weighted by Gasteiger charge is 2.21. The van der Waals surface area contributed by atoms with Crippen LogP contribution in [0.3, 0.4) is 0 Å². The third kappa shape index (κ3) is 4.09. The number of rotatable bonds is 5. The number of nitrogens with one attached hydrogen (secondary N) is 1. The predicted molar refractivity (Wildman–Crippen MR) is 73.9 cm³/mol. The number of anilines is 1. The Morgan fingerprint density at radius 1 is 1.37 bits per heavy atom. The van der Waals surface area contributed by atoms with Crippen LogP contribution < -0.4 is 4.72 Å². The molecule has 8 heteroatoms. The molecule has 19 heavy (non-hydrogen) atoms. The number of benzene rings is 1. The molecule has 0 heterocycles. The summed E-state index contributed by atoms with van der Waals surface area (Å²) in [5, 5.41) is 9.03. The summed E-state index contributed by atoms with van der Waals surface area (Å²) in [6.07, 6.45) is 0. The highest BCUT2D eigenvalue weighted by molar-refractivity contribution is 7.90. The molecule has 0 radical (unpaired) electrons. The zero-order valence-electron chi connectivity index (χ0n) is 10.7. The quantitative estimate of drug-likeness (QED) is 0.871. The smallest absolute Gasteiger partial charge is 0.335 e. The van der Waals surface area contributed by atoms with Gasteiger partial charge in [0.05, 0.1) is 11.3 Å². The van der Waals surface area contributed by atoms with E-state index in [2.05, 4.69) is 4.72 Å². The topological polar surface area (TPSA) is 86.7 Å². The molecular formula is C11H15ClN2O4S. The fourth-order valence-electron chi connectivity index (χ4n) is 1.27. The van der Waals surface area contributed by atoms with Crippen molar-refractivity contribution in [1.29, 1.82) is 0 Å². The first-order valence-corrected chi connectivity index (χ1v) is 7.25. The molecule has 106 valence electrons. The van der Waals surface area contributed by atoms with E-state index < -0.39 is 16.2 Å². The van der Waals surface area contributed by atoms with E-state index in [1.54, 1.807) is 13.8 Å². The molecule has 6 nitrogen and oxygen atoms in total. The molecular weight excluding hydrogens is 292 g/mol. The maximum Gasteiger partial charge on any atom is 0.335 e. The Bertz CT molecular complexity index is 586. The lowest BCUT2D eigenvalue weighted by molar-refractivity contribution is 0.0697. The Morgan fingerprint density at radius 2 is 1.95 bits per heavy atom. The molecule has 0 aromatic heterocycles. The van der Waals surface area contributed by atoms with Crippen LogP contribution in [-0.2, 0) is 10.2 Å². The monoisotopic (exact) mass is 306 g/mol. The first kappa shape index (κ1) is 15.7. The molecule has 0 aliphatic heterocycles. The Morgan fingerprint density at radius 3 is 2.42 bits per heavy atom. The van der Waals surface area contributed by atoms with Gasteiger partial charge in [-0.1, -0.05) is 11.6 Å². The normalized spacial score (nSPS) is 11.9. The van der Waals surface area contributed by atoms with Crippen molar-refractivity contribution in [3.63, 3.8) is 0 Å². The number of hydrogen-bond donors (Lipinski definition) is 2. The summed E-state index contributed by atoms with van der Waals surface area (Å²) in [6, 6.07) is 3.57. The fraction of sp³-hybridized carbons (Fsp3) is 0.364. The number of halogens is 1. The van der Waals surface area contributed by atoms with Gasteiger partial charge in [0, 0.05) is 18.1 Å². The van der Waals surface area contributed by atoms with E-state index in [1.165, 1.54) is 25.2 Å². The van der Waals surface area contributed by atoms with Crippen LogP contribution in [0.2, 0.25) is 5.02 Å². The first-order valence-electron chi connectivity index (χ1n) is 5.43. The van der Waals surface area contributed by atoms with Gasteiger partial charge in [-0.2, -0.15) is 12.7 Å². The summed E-state index contributed by atoms with van der Waals surface area (Å²) in [4.78, 5) is 10.9. The predicted octanol–water partition coefficient (Wildman–Crippen LogP) is 2.04. The van der Waals surface area contributed by atoms with Gasteiger partial charge >= 0.3 is 16.2 Å². The largest absolute Gasteiger partial charge is 0.478 e. The number of carbonyl (C=O) groups is 1. The van der Waals surface area contributed by atoms with E-state index in [-0.39, 0.29) is 22.3 Å². The maximum atomic E-state index is 12.0. The van der Waals surface area contributed by atoms with Crippen LogP contribution in [0.5, 0.6) is 0 Å². The van der Waals surface area contributed by atoms with Crippen molar-refractivity contribution < 1.29 is 18.3 Å². The first-order chi connectivity index (χ1) is 8.63. The van der Waals surface area contributed by atoms with Gasteiger partial charge < -0.3 is 5.11 Å². The Kier molecular flexibility index (Phi) is 4.78. The molecule has 0 amide bonds. The highest BCUT2D eigenvalue weighted by atomic mass is 35.5. The average molecular weight is 307 g/mol. The van der Waals surface area contributed by atoms with E-state index in [4.69, 9.17) is 16.7 Å². The molecule has 0 aliphatic rings. The van der Waals surface area contributed by atoms with Crippen LogP contribution in [0.25, 0.3) is 0 Å². The van der Waals surface area contributed by atoms with Crippen LogP contribution >= 0.6 is 11.6 Å². The fourth-order valence-corrected chi connectivity index (χ4v) is 2.62. The number of carboxylic acid groups (broad SMARTS) is 1. The second kappa shape index (κ2) is 5.77. The average Bonchev–Trinajstić information content (AvgIpc) is 2.26. The van der Waals surface area contributed by atoms with Gasteiger partial charge in [0.1, 0.15) is 0 Å². The highest BCUT2D eigenvalue weighted by Crippen LogP contribution is 2.21. The van der Waals surface area contributed by atoms with Crippen molar-refractivity contribution in [3.8, 4) is 0 Å². The Labute approximate surface area is 117 Å². The molecule has 0 fully saturated rings. The molecule has 0 saturated carbocycles. The molecule has 1 aromatic carbocycles. The molecule has 0 spiro atoms. The summed E-state index contributed by atoms with van der Waals surface area (Å²) < 4.78 is 27.3. The van der Waals surface area contributed by atoms with Crippen LogP contribution in [0.4, 0.5) is 5.69 Å². The summed E-state index contributed by atoms with van der Waals surface area (Å²) in [5.74, 6) is -1.18. The van der Waals surface area contributed by atoms with Crippen LogP contribution in [0.15, 0.2) is 18.2 Å². The third-order valence-corrected chi connectivity index (χ3v) is 4.39. The minimum absolute atomic E-state index is 0.0857. The van der Waals surface area contributed by atoms with E-state index in [0.29, 0.717) is 0 Å². The summed E-state index contributed by atoms with van der Waals surface area (Å²) in [6.45, 7) is 3.44. The van der Waals surface area contributed by atoms with Gasteiger partial charge in [0.25, 0.3) is 0 Å². The van der Waals surface area contributed by atoms with Gasteiger partial charge in [-0.25, -0.2) is 4.79 Å². The molecule has 0 unspecified atom stereocenters. The summed E-state index contributed by atoms with van der Waals surface area (Å²) in [7, 11) is -2.31. The Balaban J connectivity index is 3.09. The SMILES string of the molecule is CC(C)N(C)S(=O)(=O)Nc1cc(Cl)cc(C(=O)O)c1. The molecule has 1 aromatic rings. The minimum Gasteiger partial charge on any atom is -0.478 e. The lowest BCUT2D eigenvalue weighted by Crippen LogP contribution is -2.37. The minimum atomic E-state index is -3.74. The molecule has 0 bridgehead atoms. The van der Waals surface area contributed by atoms with Gasteiger partial charge in [0.15, 0.2) is 0 Å². The zero-order chi connectivity index (χ0) is 14.8. The number of aromatic carboxylic acids is 1. The second-order valence-electron chi connectivity index (χ2n) is 4.25. The van der Waals surface area contributed by atoms with Gasteiger partial charge in [0.2, 0.25) is 0 Å². The van der Waals surface area contributed by atoms with E-state index in [9.17, 15) is 13.2 Å². The van der Waals surface area contributed by atoms with Crippen molar-refractivity contribution >= 4 is 33.5 Å². The molecule has 0 saturated heterocycles. The summed E-state index contributed by atoms with van der Waals surface area (Å²) in [5.41, 5.74) is 0.0230. The van der Waals surface area contributed by atoms with Crippen LogP contribution in [0.1, 0.15) is 24.2 Å². The summed E-state index contributed by atoms with van der Waals surface area (Å²) >= 11 is 5.75. The van der Waals surface area contributed by atoms with Crippen molar-refractivity contribution in [2.24, 2.45) is 0 Å². The van der Waals surface area contributed by atoms with E-state index >= 15 is 0 Å². The van der Waals surface area contributed by atoms with Crippen molar-refractivity contribution in [2.75, 3.05) is 11.8 Å². The van der Waals surface area contributed by atoms with Gasteiger partial charge in [-0.3, -0.25) is 4.72 Å². The Hall–Kier alpha value is -1.31. The van der Waals surface area contributed by atoms with Crippen molar-refractivity contribution in [2.45, 2.75) is 19.9 Å². The lowest BCUT2D eigenvalue weighted by Gasteiger charge is -2.21. The maximum absolute atomic E-state index is 12.0. The molecule has 0 aliphatic carbocycles. The number of hydrogen-bond acceptors (Lipinski definition) is 3. The van der Waals surface area contributed by atoms with Gasteiger partial charge in [-0.05, 0) is 32.0 Å². The third-order valence-electron chi connectivity index (χ3n) is 2.50. The molecule has 2 N–H and O–H groups in total. The molecule has 0 atom stereocenters. The molecule has 1 rings (SSSR count). The number of nitrogens with zero attached hydrogens (tertiary/aromatic N) is 1. The van der Waals surface area contributed by atoms with Crippen molar-refractivity contribution in [1.82, 2.24) is 4.31 Å².